The van der Waals surface area contributed by atoms with Gasteiger partial charge in [-0.25, -0.2) is 4.98 Å². The van der Waals surface area contributed by atoms with Gasteiger partial charge in [0.25, 0.3) is 5.56 Å². The molecule has 6 nitrogen and oxygen atoms in total. The van der Waals surface area contributed by atoms with Crippen molar-refractivity contribution >= 4 is 39.2 Å². The van der Waals surface area contributed by atoms with Gasteiger partial charge in [0, 0.05) is 12.0 Å². The number of methoxy groups -OCH3 is 1. The first-order chi connectivity index (χ1) is 14.1. The highest BCUT2D eigenvalue weighted by atomic mass is 32.2. The largest absolute Gasteiger partial charge is 0.383 e. The van der Waals surface area contributed by atoms with Crippen molar-refractivity contribution in [1.82, 2.24) is 9.55 Å². The minimum atomic E-state index is -0.621. The van der Waals surface area contributed by atoms with Gasteiger partial charge in [-0.1, -0.05) is 42.1 Å². The molecule has 0 spiro atoms. The molecule has 0 bridgehead atoms. The van der Waals surface area contributed by atoms with Crippen molar-refractivity contribution in [2.75, 3.05) is 13.7 Å². The van der Waals surface area contributed by atoms with Crippen LogP contribution in [-0.4, -0.2) is 29.2 Å². The zero-order valence-electron chi connectivity index (χ0n) is 16.2. The van der Waals surface area contributed by atoms with E-state index in [2.05, 4.69) is 0 Å². The lowest BCUT2D eigenvalue weighted by atomic mass is 9.97. The number of nitrogens with two attached hydrogens (primary N) is 1. The van der Waals surface area contributed by atoms with E-state index in [9.17, 15) is 9.59 Å². The second-order valence-electron chi connectivity index (χ2n) is 7.05. The Bertz CT molecular complexity index is 1090. The van der Waals surface area contributed by atoms with E-state index in [1.165, 1.54) is 16.6 Å². The van der Waals surface area contributed by atoms with E-state index in [1.54, 1.807) is 23.0 Å². The number of fused-ring (bicyclic) bond motifs is 3. The van der Waals surface area contributed by atoms with Gasteiger partial charge in [0.2, 0.25) is 5.91 Å². The van der Waals surface area contributed by atoms with Crippen LogP contribution in [0.3, 0.4) is 0 Å². The van der Waals surface area contributed by atoms with Crippen LogP contribution in [0.2, 0.25) is 0 Å². The molecule has 4 rings (SSSR count). The zero-order valence-corrected chi connectivity index (χ0v) is 17.9. The van der Waals surface area contributed by atoms with Gasteiger partial charge in [0.15, 0.2) is 5.16 Å². The summed E-state index contributed by atoms with van der Waals surface area (Å²) in [6.07, 6.45) is 4.18. The van der Waals surface area contributed by atoms with E-state index < -0.39 is 11.2 Å². The van der Waals surface area contributed by atoms with E-state index in [-0.39, 0.29) is 5.56 Å². The number of ether oxygens (including phenoxy) is 1. The molecular formula is C21H23N3O3S2. The van der Waals surface area contributed by atoms with E-state index in [1.807, 2.05) is 30.3 Å². The number of hydrogen-bond donors (Lipinski definition) is 1. The molecule has 2 N–H and O–H groups in total. The minimum absolute atomic E-state index is 0.0507. The fraction of sp³-hybridized carbons (Fsp3) is 0.381. The van der Waals surface area contributed by atoms with Gasteiger partial charge < -0.3 is 10.5 Å². The quantitative estimate of drug-likeness (QED) is 0.460. The van der Waals surface area contributed by atoms with Crippen LogP contribution in [0.1, 0.15) is 34.1 Å². The van der Waals surface area contributed by atoms with E-state index in [4.69, 9.17) is 15.5 Å². The van der Waals surface area contributed by atoms with Crippen LogP contribution in [0.25, 0.3) is 10.2 Å². The maximum Gasteiger partial charge on any atom is 0.263 e. The molecule has 0 fully saturated rings. The Kier molecular flexibility index (Phi) is 6.03. The number of aromatic nitrogens is 2. The molecule has 0 aliphatic heterocycles. The summed E-state index contributed by atoms with van der Waals surface area (Å²) in [7, 11) is 1.60. The van der Waals surface area contributed by atoms with Gasteiger partial charge in [-0.15, -0.1) is 11.3 Å². The standard InChI is InChI=1S/C21H23N3O3S2/c1-27-12-11-24-20(26)16-14-9-5-6-10-15(14)28-19(16)23-21(24)29-17(18(22)25)13-7-3-2-4-8-13/h2-4,7-8,17H,5-6,9-12H2,1H3,(H2,22,25). The highest BCUT2D eigenvalue weighted by Gasteiger charge is 2.26. The summed E-state index contributed by atoms with van der Waals surface area (Å²) >= 11 is 2.84. The van der Waals surface area contributed by atoms with Gasteiger partial charge in [-0.2, -0.15) is 0 Å². The Morgan fingerprint density at radius 3 is 2.79 bits per heavy atom. The van der Waals surface area contributed by atoms with Crippen molar-refractivity contribution in [1.29, 1.82) is 0 Å². The SMILES string of the molecule is COCCn1c(SC(C(N)=O)c2ccccc2)nc2sc3c(c2c1=O)CCCC3. The highest BCUT2D eigenvalue weighted by molar-refractivity contribution is 8.00. The normalized spacial score (nSPS) is 14.7. The fourth-order valence-electron chi connectivity index (χ4n) is 3.71. The number of benzene rings is 1. The monoisotopic (exact) mass is 429 g/mol. The number of thiophene rings is 1. The van der Waals surface area contributed by atoms with E-state index in [0.717, 1.165) is 47.0 Å². The van der Waals surface area contributed by atoms with Crippen LogP contribution in [0.5, 0.6) is 0 Å². The maximum absolute atomic E-state index is 13.4. The van der Waals surface area contributed by atoms with Gasteiger partial charge in [-0.3, -0.25) is 14.2 Å². The predicted octanol–water partition coefficient (Wildman–Crippen LogP) is 3.30. The average molecular weight is 430 g/mol. The molecule has 2 aromatic heterocycles. The summed E-state index contributed by atoms with van der Waals surface area (Å²) in [6.45, 7) is 0.769. The summed E-state index contributed by atoms with van der Waals surface area (Å²) in [5.74, 6) is -0.459. The third kappa shape index (κ3) is 3.97. The summed E-state index contributed by atoms with van der Waals surface area (Å²) in [5.41, 5.74) is 7.60. The molecule has 1 atom stereocenters. The first-order valence-corrected chi connectivity index (χ1v) is 11.3. The Morgan fingerprint density at radius 1 is 1.31 bits per heavy atom. The molecule has 1 amide bonds. The lowest BCUT2D eigenvalue weighted by Gasteiger charge is -2.17. The minimum Gasteiger partial charge on any atom is -0.383 e. The number of nitrogens with zero attached hydrogens (tertiary/aromatic N) is 2. The van der Waals surface area contributed by atoms with Gasteiger partial charge in [0.1, 0.15) is 10.1 Å². The molecule has 8 heteroatoms. The number of thioether (sulfide) groups is 1. The van der Waals surface area contributed by atoms with Crippen LogP contribution in [0, 0.1) is 0 Å². The van der Waals surface area contributed by atoms with Gasteiger partial charge in [0.05, 0.1) is 18.5 Å². The van der Waals surface area contributed by atoms with Crippen molar-refractivity contribution < 1.29 is 9.53 Å². The van der Waals surface area contributed by atoms with Crippen LogP contribution < -0.4 is 11.3 Å². The topological polar surface area (TPSA) is 87.2 Å². The molecule has 3 aromatic rings. The van der Waals surface area contributed by atoms with Crippen molar-refractivity contribution in [3.05, 3.63) is 56.7 Å². The van der Waals surface area contributed by atoms with Crippen LogP contribution in [0.15, 0.2) is 40.3 Å². The maximum atomic E-state index is 13.4. The number of carbonyl (C=O) groups excluding carboxylic acids is 1. The molecule has 0 radical (unpaired) electrons. The molecule has 1 unspecified atom stereocenters. The highest BCUT2D eigenvalue weighted by Crippen LogP contribution is 2.38. The van der Waals surface area contributed by atoms with Crippen molar-refractivity contribution in [2.45, 2.75) is 42.6 Å². The third-order valence-electron chi connectivity index (χ3n) is 5.14. The number of primary amides is 1. The number of carbonyl (C=O) groups is 1. The average Bonchev–Trinajstić information content (AvgIpc) is 3.10. The van der Waals surface area contributed by atoms with Crippen molar-refractivity contribution in [2.24, 2.45) is 5.73 Å². The lowest BCUT2D eigenvalue weighted by molar-refractivity contribution is -0.117. The molecule has 29 heavy (non-hydrogen) atoms. The summed E-state index contributed by atoms with van der Waals surface area (Å²) in [4.78, 5) is 32.5. The predicted molar refractivity (Wildman–Crippen MR) is 117 cm³/mol. The zero-order chi connectivity index (χ0) is 20.4. The molecular weight excluding hydrogens is 406 g/mol. The second-order valence-corrected chi connectivity index (χ2v) is 9.20. The van der Waals surface area contributed by atoms with E-state index in [0.29, 0.717) is 18.3 Å². The Hall–Kier alpha value is -2.16. The third-order valence-corrected chi connectivity index (χ3v) is 7.59. The number of rotatable bonds is 7. The second kappa shape index (κ2) is 8.69. The molecule has 0 saturated carbocycles. The summed E-state index contributed by atoms with van der Waals surface area (Å²) in [5, 5.41) is 0.621. The fourth-order valence-corrected chi connectivity index (χ4v) is 6.09. The number of aryl methyl sites for hydroxylation is 2. The molecule has 1 aliphatic carbocycles. The molecule has 1 aromatic carbocycles. The van der Waals surface area contributed by atoms with E-state index >= 15 is 0 Å². The summed E-state index contributed by atoms with van der Waals surface area (Å²) in [6, 6.07) is 9.35. The number of hydrogen-bond acceptors (Lipinski definition) is 6. The van der Waals surface area contributed by atoms with Crippen LogP contribution in [0.4, 0.5) is 0 Å². The smallest absolute Gasteiger partial charge is 0.263 e. The Balaban J connectivity index is 1.83. The van der Waals surface area contributed by atoms with Crippen LogP contribution in [-0.2, 0) is 28.9 Å². The number of amides is 1. The van der Waals surface area contributed by atoms with Crippen molar-refractivity contribution in [3.8, 4) is 0 Å². The Labute approximate surface area is 177 Å². The molecule has 0 saturated heterocycles. The molecule has 152 valence electrons. The Morgan fingerprint density at radius 2 is 2.07 bits per heavy atom. The molecule has 2 heterocycles. The summed E-state index contributed by atoms with van der Waals surface area (Å²) < 4.78 is 6.85. The molecule has 1 aliphatic rings. The van der Waals surface area contributed by atoms with Gasteiger partial charge >= 0.3 is 0 Å². The van der Waals surface area contributed by atoms with Crippen molar-refractivity contribution in [3.63, 3.8) is 0 Å². The lowest BCUT2D eigenvalue weighted by Crippen LogP contribution is -2.27. The first kappa shape index (κ1) is 20.1. The first-order valence-electron chi connectivity index (χ1n) is 9.65. The van der Waals surface area contributed by atoms with Gasteiger partial charge in [-0.05, 0) is 36.8 Å². The van der Waals surface area contributed by atoms with Crippen LogP contribution >= 0.6 is 23.1 Å².